The number of phosphoric acid groups is 1. The molecular weight excluding hydrogens is 704 g/mol. The molecule has 3 N–H and O–H groups in total. The predicted molar refractivity (Wildman–Crippen MR) is 194 cm³/mol. The first-order valence-electron chi connectivity index (χ1n) is 19.1. The lowest BCUT2D eigenvalue weighted by Gasteiger charge is -2.27. The van der Waals surface area contributed by atoms with Crippen molar-refractivity contribution in [3.8, 4) is 0 Å². The average molecular weight is 765 g/mol. The first-order chi connectivity index (χ1) is 24.7. The van der Waals surface area contributed by atoms with Crippen LogP contribution in [0.3, 0.4) is 0 Å². The minimum atomic E-state index is -4.88. The molecule has 1 aliphatic rings. The molecule has 0 radical (unpaired) electrons. The van der Waals surface area contributed by atoms with Crippen molar-refractivity contribution in [2.75, 3.05) is 38.8 Å². The molecule has 3 heterocycles. The van der Waals surface area contributed by atoms with Crippen LogP contribution in [-0.4, -0.2) is 82.1 Å². The molecular formula is C35H61ClFN5O8P-. The molecule has 1 fully saturated rings. The molecule has 3 unspecified atom stereocenters. The van der Waals surface area contributed by atoms with E-state index in [1.165, 1.54) is 94.4 Å². The SMILES string of the molecule is CCCCCCCCCCCCOCC(COP(=O)([O-])OC[C@H]1O[C@@H](n2cnc3c(N)nc(Cl)nc32)C(F)[C@H]1O)OCCCCCCCCCC. The number of alkyl halides is 1. The van der Waals surface area contributed by atoms with Crippen LogP contribution in [0.2, 0.25) is 5.28 Å². The van der Waals surface area contributed by atoms with Gasteiger partial charge in [0.25, 0.3) is 7.82 Å². The fourth-order valence-electron chi connectivity index (χ4n) is 6.08. The van der Waals surface area contributed by atoms with Gasteiger partial charge in [-0.3, -0.25) is 9.13 Å². The average Bonchev–Trinajstić information content (AvgIpc) is 3.65. The fourth-order valence-corrected chi connectivity index (χ4v) is 7.00. The standard InChI is InChI=1S/C35H62ClFN5O8P/c1-3-5-7-9-11-13-14-15-17-19-21-46-23-27(47-22-20-18-16-12-10-8-6-4-2)24-48-51(44,45)49-25-28-31(43)29(37)34(50-28)42-26-39-30-32(38)40-35(36)41-33(30)42/h26-29,31,34,43H,3-25H2,1-2H3,(H,44,45)(H2,38,40,41)/p-1/t27?,28-,29?,31+,34-/m1/s1. The van der Waals surface area contributed by atoms with E-state index in [2.05, 4.69) is 28.8 Å². The minimum absolute atomic E-state index is 0.00804. The summed E-state index contributed by atoms with van der Waals surface area (Å²) in [5.41, 5.74) is 6.10. The van der Waals surface area contributed by atoms with Gasteiger partial charge in [0.1, 0.15) is 23.8 Å². The van der Waals surface area contributed by atoms with Crippen LogP contribution >= 0.6 is 19.4 Å². The van der Waals surface area contributed by atoms with Crippen molar-refractivity contribution >= 4 is 36.4 Å². The summed E-state index contributed by atoms with van der Waals surface area (Å²) in [5, 5.41) is 10.3. The van der Waals surface area contributed by atoms with Crippen molar-refractivity contribution < 1.29 is 42.2 Å². The van der Waals surface area contributed by atoms with Crippen molar-refractivity contribution in [1.29, 1.82) is 0 Å². The van der Waals surface area contributed by atoms with Crippen LogP contribution in [0, 0.1) is 0 Å². The van der Waals surface area contributed by atoms with Crippen molar-refractivity contribution in [2.45, 2.75) is 160 Å². The Bertz CT molecular complexity index is 1280. The topological polar surface area (TPSA) is 176 Å². The zero-order chi connectivity index (χ0) is 36.9. The summed E-state index contributed by atoms with van der Waals surface area (Å²) in [4.78, 5) is 24.7. The third kappa shape index (κ3) is 16.2. The number of hydrogen-bond acceptors (Lipinski definition) is 12. The summed E-state index contributed by atoms with van der Waals surface area (Å²) in [7, 11) is -4.88. The van der Waals surface area contributed by atoms with E-state index in [4.69, 9.17) is 40.6 Å². The van der Waals surface area contributed by atoms with Crippen LogP contribution in [0.4, 0.5) is 10.2 Å². The molecule has 2 aromatic rings. The van der Waals surface area contributed by atoms with Gasteiger partial charge in [0.05, 0.1) is 26.1 Å². The maximum atomic E-state index is 15.2. The van der Waals surface area contributed by atoms with Crippen LogP contribution in [0.15, 0.2) is 6.33 Å². The van der Waals surface area contributed by atoms with Gasteiger partial charge in [-0.25, -0.2) is 9.37 Å². The lowest BCUT2D eigenvalue weighted by Crippen LogP contribution is -2.32. The van der Waals surface area contributed by atoms with E-state index in [9.17, 15) is 14.6 Å². The third-order valence-electron chi connectivity index (χ3n) is 9.10. The van der Waals surface area contributed by atoms with E-state index in [1.807, 2.05) is 0 Å². The van der Waals surface area contributed by atoms with Gasteiger partial charge < -0.3 is 39.0 Å². The number of aliphatic hydroxyl groups excluding tert-OH is 1. The number of imidazole rings is 1. The zero-order valence-electron chi connectivity index (χ0n) is 30.6. The second-order valence-electron chi connectivity index (χ2n) is 13.5. The number of nitrogens with two attached hydrogens (primary N) is 1. The summed E-state index contributed by atoms with van der Waals surface area (Å²) in [5.74, 6) is -0.00804. The molecule has 0 spiro atoms. The molecule has 6 atom stereocenters. The van der Waals surface area contributed by atoms with Crippen LogP contribution in [0.25, 0.3) is 11.2 Å². The molecule has 2 aromatic heterocycles. The van der Waals surface area contributed by atoms with Crippen molar-refractivity contribution in [3.05, 3.63) is 11.6 Å². The van der Waals surface area contributed by atoms with Gasteiger partial charge in [-0.2, -0.15) is 9.97 Å². The van der Waals surface area contributed by atoms with Crippen molar-refractivity contribution in [2.24, 2.45) is 0 Å². The van der Waals surface area contributed by atoms with E-state index in [1.54, 1.807) is 0 Å². The Morgan fingerprint density at radius 1 is 0.922 bits per heavy atom. The summed E-state index contributed by atoms with van der Waals surface area (Å²) >= 11 is 5.91. The largest absolute Gasteiger partial charge is 0.756 e. The molecule has 3 rings (SSSR count). The second-order valence-corrected chi connectivity index (χ2v) is 15.2. The molecule has 51 heavy (non-hydrogen) atoms. The first kappa shape index (κ1) is 43.9. The molecule has 0 aromatic carbocycles. The van der Waals surface area contributed by atoms with Gasteiger partial charge in [0, 0.05) is 13.2 Å². The lowest BCUT2D eigenvalue weighted by atomic mass is 10.1. The molecule has 0 aliphatic carbocycles. The number of aromatic nitrogens is 4. The van der Waals surface area contributed by atoms with Crippen LogP contribution in [0.5, 0.6) is 0 Å². The predicted octanol–water partition coefficient (Wildman–Crippen LogP) is 7.62. The van der Waals surface area contributed by atoms with E-state index in [0.717, 1.165) is 32.1 Å². The van der Waals surface area contributed by atoms with Crippen molar-refractivity contribution in [3.63, 3.8) is 0 Å². The molecule has 0 amide bonds. The van der Waals surface area contributed by atoms with E-state index in [0.29, 0.717) is 13.2 Å². The van der Waals surface area contributed by atoms with Gasteiger partial charge in [0.15, 0.2) is 23.9 Å². The highest BCUT2D eigenvalue weighted by Gasteiger charge is 2.46. The number of rotatable bonds is 30. The van der Waals surface area contributed by atoms with Crippen LogP contribution in [-0.2, 0) is 27.8 Å². The minimum Gasteiger partial charge on any atom is -0.756 e. The van der Waals surface area contributed by atoms with Gasteiger partial charge in [-0.05, 0) is 24.4 Å². The summed E-state index contributed by atoms with van der Waals surface area (Å²) in [6.07, 6.45) is 15.7. The highest BCUT2D eigenvalue weighted by atomic mass is 35.5. The number of unbranched alkanes of at least 4 members (excludes halogenated alkanes) is 16. The third-order valence-corrected chi connectivity index (χ3v) is 10.2. The fraction of sp³-hybridized carbons (Fsp3) is 0.857. The van der Waals surface area contributed by atoms with E-state index >= 15 is 4.39 Å². The maximum absolute atomic E-state index is 15.2. The Morgan fingerprint density at radius 2 is 1.49 bits per heavy atom. The molecule has 0 bridgehead atoms. The maximum Gasteiger partial charge on any atom is 0.268 e. The Balaban J connectivity index is 1.42. The number of nitrogens with zero attached hydrogens (tertiary/aromatic N) is 4. The van der Waals surface area contributed by atoms with E-state index < -0.39 is 45.1 Å². The molecule has 1 saturated heterocycles. The van der Waals surface area contributed by atoms with Gasteiger partial charge in [-0.1, -0.05) is 117 Å². The van der Waals surface area contributed by atoms with Gasteiger partial charge in [-0.15, -0.1) is 0 Å². The lowest BCUT2D eigenvalue weighted by molar-refractivity contribution is -0.231. The number of aliphatic hydroxyl groups is 1. The van der Waals surface area contributed by atoms with Crippen LogP contribution in [0.1, 0.15) is 136 Å². The Kier molecular flexibility index (Phi) is 21.3. The number of fused-ring (bicyclic) bond motifs is 1. The number of hydrogen-bond donors (Lipinski definition) is 2. The second kappa shape index (κ2) is 24.8. The Morgan fingerprint density at radius 3 is 2.10 bits per heavy atom. The monoisotopic (exact) mass is 764 g/mol. The zero-order valence-corrected chi connectivity index (χ0v) is 32.3. The summed E-state index contributed by atoms with van der Waals surface area (Å²) in [6, 6.07) is 0. The molecule has 294 valence electrons. The number of ether oxygens (including phenoxy) is 3. The van der Waals surface area contributed by atoms with Crippen molar-refractivity contribution in [1.82, 2.24) is 19.5 Å². The molecule has 1 aliphatic heterocycles. The quantitative estimate of drug-likeness (QED) is 0.0453. The normalized spacial score (nSPS) is 21.1. The summed E-state index contributed by atoms with van der Waals surface area (Å²) < 4.78 is 56.8. The van der Waals surface area contributed by atoms with Crippen LogP contribution < -0.4 is 10.6 Å². The number of halogens is 2. The van der Waals surface area contributed by atoms with Gasteiger partial charge in [0.2, 0.25) is 5.28 Å². The van der Waals surface area contributed by atoms with E-state index in [-0.39, 0.29) is 35.5 Å². The highest BCUT2D eigenvalue weighted by Crippen LogP contribution is 2.41. The Hall–Kier alpha value is -1.48. The molecule has 13 nitrogen and oxygen atoms in total. The first-order valence-corrected chi connectivity index (χ1v) is 20.9. The number of phosphoric ester groups is 1. The number of nitrogen functional groups attached to an aromatic ring is 1. The van der Waals surface area contributed by atoms with Gasteiger partial charge >= 0.3 is 0 Å². The molecule has 16 heteroatoms. The smallest absolute Gasteiger partial charge is 0.268 e. The highest BCUT2D eigenvalue weighted by molar-refractivity contribution is 7.45. The number of anilines is 1. The summed E-state index contributed by atoms with van der Waals surface area (Å²) in [6.45, 7) is 4.65. The Labute approximate surface area is 308 Å². The molecule has 0 saturated carbocycles.